The lowest BCUT2D eigenvalue weighted by Gasteiger charge is -2.04. The monoisotopic (exact) mass is 354 g/mol. The second-order valence-electron chi connectivity index (χ2n) is 5.07. The molecule has 0 amide bonds. The Morgan fingerprint density at radius 2 is 2.08 bits per heavy atom. The lowest BCUT2D eigenvalue weighted by Crippen LogP contribution is -1.97. The van der Waals surface area contributed by atoms with E-state index in [2.05, 4.69) is 15.3 Å². The summed E-state index contributed by atoms with van der Waals surface area (Å²) in [5.41, 5.74) is 1.75. The summed E-state index contributed by atoms with van der Waals surface area (Å²) >= 11 is 5.23. The molecule has 0 bridgehead atoms. The summed E-state index contributed by atoms with van der Waals surface area (Å²) in [7, 11) is 1.59. The molecule has 25 heavy (non-hydrogen) atoms. The average molecular weight is 354 g/mol. The van der Waals surface area contributed by atoms with E-state index in [-0.39, 0.29) is 5.56 Å². The van der Waals surface area contributed by atoms with Crippen LogP contribution in [0, 0.1) is 4.77 Å². The number of carboxylic acid groups (broad SMARTS) is 1. The van der Waals surface area contributed by atoms with Gasteiger partial charge in [0.2, 0.25) is 4.77 Å². The van der Waals surface area contributed by atoms with Gasteiger partial charge in [-0.25, -0.2) is 9.89 Å². The molecule has 0 radical (unpaired) electrons. The van der Waals surface area contributed by atoms with Gasteiger partial charge in [0.25, 0.3) is 0 Å². The molecular formula is C17H14N4O3S. The van der Waals surface area contributed by atoms with Crippen LogP contribution in [0.1, 0.15) is 15.9 Å². The summed E-state index contributed by atoms with van der Waals surface area (Å²) in [5.74, 6) is 0.273. The summed E-state index contributed by atoms with van der Waals surface area (Å²) in [4.78, 5) is 10.9. The second kappa shape index (κ2) is 7.10. The highest BCUT2D eigenvalue weighted by Crippen LogP contribution is 2.22. The van der Waals surface area contributed by atoms with Crippen LogP contribution < -0.4 is 4.74 Å². The number of aromatic carboxylic acids is 1. The lowest BCUT2D eigenvalue weighted by molar-refractivity contribution is 0.0697. The third-order valence-electron chi connectivity index (χ3n) is 3.46. The summed E-state index contributed by atoms with van der Waals surface area (Å²) in [6.07, 6.45) is 1.58. The standard InChI is InChI=1S/C17H14N4O3S/c1-24-14-4-2-3-13(9-14)15-19-20-17(25)21(15)18-10-11-5-7-12(8-6-11)16(22)23/h2-10H,1H3,(H,20,25)(H,22,23)/b18-10-. The molecule has 3 aromatic rings. The largest absolute Gasteiger partial charge is 0.497 e. The van der Waals surface area contributed by atoms with E-state index >= 15 is 0 Å². The van der Waals surface area contributed by atoms with Crippen LogP contribution >= 0.6 is 12.2 Å². The number of carbonyl (C=O) groups is 1. The molecule has 0 unspecified atom stereocenters. The van der Waals surface area contributed by atoms with Crippen molar-refractivity contribution in [1.29, 1.82) is 0 Å². The molecule has 0 aliphatic carbocycles. The van der Waals surface area contributed by atoms with Crippen LogP contribution in [0.5, 0.6) is 5.75 Å². The van der Waals surface area contributed by atoms with Crippen LogP contribution in [0.4, 0.5) is 0 Å². The molecule has 8 heteroatoms. The number of hydrogen-bond donors (Lipinski definition) is 2. The van der Waals surface area contributed by atoms with Gasteiger partial charge in [0, 0.05) is 5.56 Å². The fraction of sp³-hybridized carbons (Fsp3) is 0.0588. The van der Waals surface area contributed by atoms with Gasteiger partial charge in [0.1, 0.15) is 5.75 Å². The zero-order chi connectivity index (χ0) is 17.8. The SMILES string of the molecule is COc1cccc(-c2n[nH]c(=S)n2/N=C\c2ccc(C(=O)O)cc2)c1. The Labute approximate surface area is 148 Å². The number of ether oxygens (including phenoxy) is 1. The fourth-order valence-corrected chi connectivity index (χ4v) is 2.36. The Morgan fingerprint density at radius 1 is 1.32 bits per heavy atom. The van der Waals surface area contributed by atoms with E-state index in [1.165, 1.54) is 16.8 Å². The van der Waals surface area contributed by atoms with Crippen molar-refractivity contribution in [2.24, 2.45) is 5.10 Å². The molecule has 0 aliphatic rings. The molecule has 2 aromatic carbocycles. The summed E-state index contributed by atoms with van der Waals surface area (Å²) in [6, 6.07) is 13.8. The first-order valence-corrected chi connectivity index (χ1v) is 7.69. The maximum Gasteiger partial charge on any atom is 0.335 e. The number of hydrogen-bond acceptors (Lipinski definition) is 5. The van der Waals surface area contributed by atoms with E-state index in [0.29, 0.717) is 16.3 Å². The van der Waals surface area contributed by atoms with Crippen molar-refractivity contribution in [3.8, 4) is 17.1 Å². The van der Waals surface area contributed by atoms with Gasteiger partial charge in [-0.2, -0.15) is 14.9 Å². The van der Waals surface area contributed by atoms with Crippen LogP contribution in [0.15, 0.2) is 53.6 Å². The van der Waals surface area contributed by atoms with E-state index in [1.54, 1.807) is 25.5 Å². The molecule has 3 rings (SSSR count). The van der Waals surface area contributed by atoms with Crippen LogP contribution in [-0.2, 0) is 0 Å². The van der Waals surface area contributed by atoms with Gasteiger partial charge in [-0.3, -0.25) is 0 Å². The van der Waals surface area contributed by atoms with Crippen molar-refractivity contribution >= 4 is 24.4 Å². The fourth-order valence-electron chi connectivity index (χ4n) is 2.18. The highest BCUT2D eigenvalue weighted by molar-refractivity contribution is 7.71. The normalized spacial score (nSPS) is 10.9. The van der Waals surface area contributed by atoms with Crippen LogP contribution in [-0.4, -0.2) is 39.3 Å². The third-order valence-corrected chi connectivity index (χ3v) is 3.72. The minimum absolute atomic E-state index is 0.217. The molecule has 0 atom stereocenters. The number of rotatable bonds is 5. The van der Waals surface area contributed by atoms with E-state index in [0.717, 1.165) is 11.1 Å². The molecule has 126 valence electrons. The summed E-state index contributed by atoms with van der Waals surface area (Å²) in [6.45, 7) is 0. The molecule has 0 saturated carbocycles. The number of aromatic nitrogens is 3. The highest BCUT2D eigenvalue weighted by Gasteiger charge is 2.09. The van der Waals surface area contributed by atoms with Gasteiger partial charge in [-0.15, -0.1) is 0 Å². The zero-order valence-corrected chi connectivity index (χ0v) is 14.0. The maximum absolute atomic E-state index is 10.9. The number of aromatic amines is 1. The zero-order valence-electron chi connectivity index (χ0n) is 13.2. The minimum atomic E-state index is -0.971. The quantitative estimate of drug-likeness (QED) is 0.542. The van der Waals surface area contributed by atoms with Crippen molar-refractivity contribution in [2.45, 2.75) is 0 Å². The van der Waals surface area contributed by atoms with Crippen molar-refractivity contribution in [3.05, 3.63) is 64.4 Å². The number of methoxy groups -OCH3 is 1. The molecule has 2 N–H and O–H groups in total. The van der Waals surface area contributed by atoms with Crippen LogP contribution in [0.2, 0.25) is 0 Å². The molecule has 0 spiro atoms. The predicted molar refractivity (Wildman–Crippen MR) is 95.8 cm³/mol. The number of benzene rings is 2. The van der Waals surface area contributed by atoms with E-state index < -0.39 is 5.97 Å². The van der Waals surface area contributed by atoms with Crippen LogP contribution in [0.25, 0.3) is 11.4 Å². The second-order valence-corrected chi connectivity index (χ2v) is 5.45. The Bertz CT molecular complexity index is 990. The summed E-state index contributed by atoms with van der Waals surface area (Å²) < 4.78 is 7.06. The maximum atomic E-state index is 10.9. The van der Waals surface area contributed by atoms with Gasteiger partial charge in [0.15, 0.2) is 5.82 Å². The molecule has 0 aliphatic heterocycles. The first-order valence-electron chi connectivity index (χ1n) is 7.28. The van der Waals surface area contributed by atoms with Gasteiger partial charge in [-0.1, -0.05) is 24.3 Å². The first-order chi connectivity index (χ1) is 12.1. The van der Waals surface area contributed by atoms with Crippen molar-refractivity contribution in [3.63, 3.8) is 0 Å². The number of nitrogens with one attached hydrogen (secondary N) is 1. The smallest absolute Gasteiger partial charge is 0.335 e. The number of H-pyrrole nitrogens is 1. The molecule has 0 saturated heterocycles. The van der Waals surface area contributed by atoms with Gasteiger partial charge < -0.3 is 9.84 Å². The van der Waals surface area contributed by atoms with Gasteiger partial charge in [-0.05, 0) is 42.0 Å². The van der Waals surface area contributed by atoms with Crippen molar-refractivity contribution < 1.29 is 14.6 Å². The molecule has 1 heterocycles. The molecule has 1 aromatic heterocycles. The highest BCUT2D eigenvalue weighted by atomic mass is 32.1. The summed E-state index contributed by atoms with van der Waals surface area (Å²) in [5, 5.41) is 20.2. The Hall–Kier alpha value is -3.26. The Kier molecular flexibility index (Phi) is 4.71. The Balaban J connectivity index is 1.94. The predicted octanol–water partition coefficient (Wildman–Crippen LogP) is 3.20. The van der Waals surface area contributed by atoms with E-state index in [9.17, 15) is 4.79 Å². The molecule has 0 fully saturated rings. The van der Waals surface area contributed by atoms with E-state index in [4.69, 9.17) is 22.1 Å². The number of carboxylic acids is 1. The molecule has 7 nitrogen and oxygen atoms in total. The lowest BCUT2D eigenvalue weighted by atomic mass is 10.1. The number of nitrogens with zero attached hydrogens (tertiary/aromatic N) is 3. The van der Waals surface area contributed by atoms with E-state index in [1.807, 2.05) is 24.3 Å². The Morgan fingerprint density at radius 3 is 2.76 bits per heavy atom. The first kappa shape index (κ1) is 16.6. The average Bonchev–Trinajstić information content (AvgIpc) is 3.01. The minimum Gasteiger partial charge on any atom is -0.497 e. The third kappa shape index (κ3) is 3.64. The van der Waals surface area contributed by atoms with Crippen molar-refractivity contribution in [2.75, 3.05) is 7.11 Å². The van der Waals surface area contributed by atoms with Crippen LogP contribution in [0.3, 0.4) is 0 Å². The van der Waals surface area contributed by atoms with Gasteiger partial charge >= 0.3 is 5.97 Å². The topological polar surface area (TPSA) is 92.5 Å². The molecular weight excluding hydrogens is 340 g/mol. The van der Waals surface area contributed by atoms with Gasteiger partial charge in [0.05, 0.1) is 18.9 Å². The van der Waals surface area contributed by atoms with Crippen molar-refractivity contribution in [1.82, 2.24) is 14.9 Å².